The summed E-state index contributed by atoms with van der Waals surface area (Å²) in [6.45, 7) is 4.18. The van der Waals surface area contributed by atoms with Gasteiger partial charge in [0.05, 0.1) is 0 Å². The predicted molar refractivity (Wildman–Crippen MR) is 93.9 cm³/mol. The molecule has 7 nitrogen and oxygen atoms in total. The topological polar surface area (TPSA) is 71.2 Å². The monoisotopic (exact) mass is 340 g/mol. The van der Waals surface area contributed by atoms with Crippen molar-refractivity contribution in [3.05, 3.63) is 24.1 Å². The summed E-state index contributed by atoms with van der Waals surface area (Å²) < 4.78 is 5.43. The minimum Gasteiger partial charge on any atom is -0.356 e. The fraction of sp³-hybridized carbons (Fsp3) is 0.667. The predicted octanol–water partition coefficient (Wildman–Crippen LogP) is 2.72. The molecule has 0 amide bonds. The molecule has 1 aliphatic carbocycles. The molecule has 0 bridgehead atoms. The molecule has 1 saturated carbocycles. The molecule has 2 aromatic rings. The molecular weight excluding hydrogens is 316 g/mol. The lowest BCUT2D eigenvalue weighted by Crippen LogP contribution is -2.34. The van der Waals surface area contributed by atoms with E-state index in [2.05, 4.69) is 36.0 Å². The molecule has 2 saturated heterocycles. The second-order valence-corrected chi connectivity index (χ2v) is 7.45. The molecule has 25 heavy (non-hydrogen) atoms. The summed E-state index contributed by atoms with van der Waals surface area (Å²) in [5.74, 6) is 4.81. The number of hydrogen-bond acceptors (Lipinski definition) is 7. The number of anilines is 2. The van der Waals surface area contributed by atoms with Gasteiger partial charge in [-0.15, -0.1) is 0 Å². The first-order chi connectivity index (χ1) is 12.4. The Morgan fingerprint density at radius 3 is 2.20 bits per heavy atom. The lowest BCUT2D eigenvalue weighted by atomic mass is 9.96. The van der Waals surface area contributed by atoms with Gasteiger partial charge in [-0.1, -0.05) is 5.16 Å². The van der Waals surface area contributed by atoms with E-state index in [0.717, 1.165) is 62.4 Å². The van der Waals surface area contributed by atoms with Crippen LogP contribution in [0.15, 0.2) is 16.9 Å². The minimum atomic E-state index is 0.410. The van der Waals surface area contributed by atoms with Gasteiger partial charge < -0.3 is 14.3 Å². The van der Waals surface area contributed by atoms with E-state index in [1.807, 2.05) is 0 Å². The third kappa shape index (κ3) is 3.07. The third-order valence-corrected chi connectivity index (χ3v) is 5.64. The van der Waals surface area contributed by atoms with Crippen molar-refractivity contribution in [2.75, 3.05) is 36.0 Å². The van der Waals surface area contributed by atoms with Gasteiger partial charge in [0.2, 0.25) is 5.89 Å². The first-order valence-electron chi connectivity index (χ1n) is 9.52. The van der Waals surface area contributed by atoms with E-state index in [0.29, 0.717) is 11.8 Å². The van der Waals surface area contributed by atoms with Crippen LogP contribution in [0.25, 0.3) is 0 Å². The van der Waals surface area contributed by atoms with Crippen molar-refractivity contribution < 1.29 is 4.52 Å². The zero-order chi connectivity index (χ0) is 16.6. The van der Waals surface area contributed by atoms with Crippen molar-refractivity contribution in [3.8, 4) is 0 Å². The molecule has 0 unspecified atom stereocenters. The standard InChI is InChI=1S/C18H24N6O/c1-2-8-23(7-1)15-11-16(20-12-19-15)24-9-5-13(6-10-24)17-21-18(25-22-17)14-3-4-14/h11-14H,1-10H2. The van der Waals surface area contributed by atoms with Crippen LogP contribution in [0, 0.1) is 0 Å². The summed E-state index contributed by atoms with van der Waals surface area (Å²) in [5, 5.41) is 4.23. The van der Waals surface area contributed by atoms with Gasteiger partial charge in [-0.2, -0.15) is 4.98 Å². The lowest BCUT2D eigenvalue weighted by molar-refractivity contribution is 0.364. The molecule has 0 radical (unpaired) electrons. The minimum absolute atomic E-state index is 0.410. The second-order valence-electron chi connectivity index (χ2n) is 7.45. The van der Waals surface area contributed by atoms with Crippen molar-refractivity contribution in [3.63, 3.8) is 0 Å². The highest BCUT2D eigenvalue weighted by Crippen LogP contribution is 2.40. The summed E-state index contributed by atoms with van der Waals surface area (Å²) in [7, 11) is 0. The van der Waals surface area contributed by atoms with Gasteiger partial charge in [0.1, 0.15) is 18.0 Å². The second kappa shape index (κ2) is 6.28. The smallest absolute Gasteiger partial charge is 0.229 e. The Kier molecular flexibility index (Phi) is 3.79. The van der Waals surface area contributed by atoms with E-state index < -0.39 is 0 Å². The SMILES string of the molecule is c1nc(N2CCCC2)cc(N2CCC(c3noc(C4CC4)n3)CC2)n1. The molecule has 4 heterocycles. The quantitative estimate of drug-likeness (QED) is 0.847. The van der Waals surface area contributed by atoms with E-state index in [4.69, 9.17) is 4.52 Å². The Labute approximate surface area is 147 Å². The summed E-state index contributed by atoms with van der Waals surface area (Å²) in [6.07, 6.45) is 8.73. The molecule has 2 aliphatic heterocycles. The van der Waals surface area contributed by atoms with Crippen LogP contribution in [0.3, 0.4) is 0 Å². The molecule has 3 fully saturated rings. The Morgan fingerprint density at radius 1 is 0.840 bits per heavy atom. The van der Waals surface area contributed by atoms with Gasteiger partial charge in [-0.3, -0.25) is 0 Å². The molecule has 0 N–H and O–H groups in total. The van der Waals surface area contributed by atoms with Crippen LogP contribution in [-0.2, 0) is 0 Å². The Morgan fingerprint density at radius 2 is 1.52 bits per heavy atom. The molecule has 132 valence electrons. The Bertz CT molecular complexity index is 729. The van der Waals surface area contributed by atoms with Gasteiger partial charge in [-0.25, -0.2) is 9.97 Å². The highest BCUT2D eigenvalue weighted by molar-refractivity contribution is 5.50. The lowest BCUT2D eigenvalue weighted by Gasteiger charge is -2.31. The van der Waals surface area contributed by atoms with Crippen molar-refractivity contribution in [2.24, 2.45) is 0 Å². The zero-order valence-electron chi connectivity index (χ0n) is 14.5. The fourth-order valence-electron chi connectivity index (χ4n) is 3.91. The first kappa shape index (κ1) is 15.1. The van der Waals surface area contributed by atoms with Crippen molar-refractivity contribution in [2.45, 2.75) is 50.4 Å². The van der Waals surface area contributed by atoms with E-state index in [1.165, 1.54) is 25.7 Å². The number of nitrogens with zero attached hydrogens (tertiary/aromatic N) is 6. The number of hydrogen-bond donors (Lipinski definition) is 0. The molecular formula is C18H24N6O. The van der Waals surface area contributed by atoms with E-state index in [-0.39, 0.29) is 0 Å². The third-order valence-electron chi connectivity index (χ3n) is 5.64. The maximum atomic E-state index is 5.43. The number of piperidine rings is 1. The molecule has 0 atom stereocenters. The molecule has 3 aliphatic rings. The highest BCUT2D eigenvalue weighted by Gasteiger charge is 2.32. The summed E-state index contributed by atoms with van der Waals surface area (Å²) in [6, 6.07) is 2.14. The summed E-state index contributed by atoms with van der Waals surface area (Å²) in [4.78, 5) is 18.3. The number of aromatic nitrogens is 4. The Balaban J connectivity index is 1.24. The molecule has 2 aromatic heterocycles. The van der Waals surface area contributed by atoms with E-state index >= 15 is 0 Å². The molecule has 0 aromatic carbocycles. The average molecular weight is 340 g/mol. The van der Waals surface area contributed by atoms with Crippen LogP contribution in [0.2, 0.25) is 0 Å². The van der Waals surface area contributed by atoms with Crippen LogP contribution >= 0.6 is 0 Å². The molecule has 5 rings (SSSR count). The van der Waals surface area contributed by atoms with Gasteiger partial charge in [-0.05, 0) is 38.5 Å². The maximum Gasteiger partial charge on any atom is 0.229 e. The molecule has 0 spiro atoms. The van der Waals surface area contributed by atoms with E-state index in [1.54, 1.807) is 6.33 Å². The maximum absolute atomic E-state index is 5.43. The summed E-state index contributed by atoms with van der Waals surface area (Å²) in [5.41, 5.74) is 0. The zero-order valence-corrected chi connectivity index (χ0v) is 14.5. The fourth-order valence-corrected chi connectivity index (χ4v) is 3.91. The highest BCUT2D eigenvalue weighted by atomic mass is 16.5. The number of rotatable bonds is 4. The van der Waals surface area contributed by atoms with Crippen LogP contribution in [0.1, 0.15) is 62.1 Å². The van der Waals surface area contributed by atoms with Gasteiger partial charge in [0.15, 0.2) is 5.82 Å². The van der Waals surface area contributed by atoms with Gasteiger partial charge in [0, 0.05) is 44.1 Å². The first-order valence-corrected chi connectivity index (χ1v) is 9.52. The normalized spacial score (nSPS) is 21.9. The average Bonchev–Trinajstić information content (AvgIpc) is 3.17. The Hall–Kier alpha value is -2.18. The van der Waals surface area contributed by atoms with Crippen LogP contribution < -0.4 is 9.80 Å². The van der Waals surface area contributed by atoms with Crippen molar-refractivity contribution in [1.29, 1.82) is 0 Å². The molecule has 7 heteroatoms. The van der Waals surface area contributed by atoms with E-state index in [9.17, 15) is 0 Å². The van der Waals surface area contributed by atoms with Crippen LogP contribution in [-0.4, -0.2) is 46.3 Å². The largest absolute Gasteiger partial charge is 0.356 e. The van der Waals surface area contributed by atoms with Crippen molar-refractivity contribution in [1.82, 2.24) is 20.1 Å². The van der Waals surface area contributed by atoms with Crippen molar-refractivity contribution >= 4 is 11.6 Å². The van der Waals surface area contributed by atoms with Crippen LogP contribution in [0.4, 0.5) is 11.6 Å². The van der Waals surface area contributed by atoms with Crippen LogP contribution in [0.5, 0.6) is 0 Å². The van der Waals surface area contributed by atoms with Gasteiger partial charge >= 0.3 is 0 Å². The van der Waals surface area contributed by atoms with Gasteiger partial charge in [0.25, 0.3) is 0 Å². The summed E-state index contributed by atoms with van der Waals surface area (Å²) >= 11 is 0.